The predicted molar refractivity (Wildman–Crippen MR) is 104 cm³/mol. The van der Waals surface area contributed by atoms with Crippen LogP contribution in [0.25, 0.3) is 0 Å². The number of aromatic nitrogens is 2. The highest BCUT2D eigenvalue weighted by molar-refractivity contribution is 7.09. The van der Waals surface area contributed by atoms with Gasteiger partial charge in [-0.1, -0.05) is 6.07 Å². The van der Waals surface area contributed by atoms with Gasteiger partial charge in [0, 0.05) is 49.5 Å². The molecule has 1 saturated carbocycles. The van der Waals surface area contributed by atoms with Gasteiger partial charge in [0.05, 0.1) is 10.7 Å². The molecule has 1 N–H and O–H groups in total. The normalized spacial score (nSPS) is 19.7. The molecule has 1 atom stereocenters. The summed E-state index contributed by atoms with van der Waals surface area (Å²) in [7, 11) is 0. The van der Waals surface area contributed by atoms with Crippen molar-refractivity contribution >= 4 is 23.2 Å². The summed E-state index contributed by atoms with van der Waals surface area (Å²) in [4.78, 5) is 35.2. The van der Waals surface area contributed by atoms with Crippen LogP contribution in [0.1, 0.15) is 52.8 Å². The fraction of sp³-hybridized carbons (Fsp3) is 0.500. The highest BCUT2D eigenvalue weighted by atomic mass is 32.1. The Kier molecular flexibility index (Phi) is 5.48. The quantitative estimate of drug-likeness (QED) is 0.831. The topological polar surface area (TPSA) is 75.2 Å². The minimum atomic E-state index is -0.000122. The monoisotopic (exact) mass is 384 g/mol. The summed E-state index contributed by atoms with van der Waals surface area (Å²) in [5.41, 5.74) is 1.53. The number of carbonyl (C=O) groups is 2. The first-order chi connectivity index (χ1) is 13.2. The van der Waals surface area contributed by atoms with Gasteiger partial charge in [-0.3, -0.25) is 14.6 Å². The molecule has 2 aliphatic rings. The molecule has 0 radical (unpaired) electrons. The molecule has 0 spiro atoms. The molecule has 2 fully saturated rings. The fourth-order valence-corrected chi connectivity index (χ4v) is 4.43. The van der Waals surface area contributed by atoms with Crippen molar-refractivity contribution in [1.82, 2.24) is 20.2 Å². The van der Waals surface area contributed by atoms with Crippen LogP contribution in [0.4, 0.5) is 0 Å². The second-order valence-electron chi connectivity index (χ2n) is 7.30. The molecule has 2 amide bonds. The van der Waals surface area contributed by atoms with Crippen molar-refractivity contribution in [3.05, 3.63) is 46.2 Å². The minimum absolute atomic E-state index is 0.000122. The number of likely N-dealkylation sites (tertiary alicyclic amines) is 1. The maximum atomic E-state index is 12.7. The van der Waals surface area contributed by atoms with Gasteiger partial charge in [-0.2, -0.15) is 0 Å². The van der Waals surface area contributed by atoms with Gasteiger partial charge in [-0.25, -0.2) is 4.98 Å². The van der Waals surface area contributed by atoms with Gasteiger partial charge in [0.25, 0.3) is 5.91 Å². The Morgan fingerprint density at radius 3 is 2.93 bits per heavy atom. The van der Waals surface area contributed by atoms with E-state index in [-0.39, 0.29) is 23.7 Å². The molecule has 27 heavy (non-hydrogen) atoms. The van der Waals surface area contributed by atoms with Gasteiger partial charge >= 0.3 is 0 Å². The van der Waals surface area contributed by atoms with Crippen LogP contribution in [0, 0.1) is 5.92 Å². The van der Waals surface area contributed by atoms with E-state index in [0.717, 1.165) is 49.4 Å². The van der Waals surface area contributed by atoms with E-state index < -0.39 is 0 Å². The van der Waals surface area contributed by atoms with Crippen molar-refractivity contribution in [2.24, 2.45) is 5.92 Å². The van der Waals surface area contributed by atoms with E-state index in [0.29, 0.717) is 18.8 Å². The first-order valence-electron chi connectivity index (χ1n) is 9.63. The van der Waals surface area contributed by atoms with Crippen molar-refractivity contribution in [3.63, 3.8) is 0 Å². The zero-order valence-electron chi connectivity index (χ0n) is 15.3. The zero-order chi connectivity index (χ0) is 18.6. The number of pyridine rings is 1. The van der Waals surface area contributed by atoms with E-state index in [9.17, 15) is 9.59 Å². The van der Waals surface area contributed by atoms with E-state index in [1.54, 1.807) is 23.6 Å². The molecule has 2 aromatic rings. The first-order valence-corrected chi connectivity index (χ1v) is 10.5. The molecular weight excluding hydrogens is 360 g/mol. The number of amides is 2. The molecule has 6 nitrogen and oxygen atoms in total. The second kappa shape index (κ2) is 8.17. The SMILES string of the molecule is O=C(NCCc1csc(C2CCCN(C(=O)c3ccccn3)C2)n1)C1CC1. The summed E-state index contributed by atoms with van der Waals surface area (Å²) in [6, 6.07) is 5.43. The summed E-state index contributed by atoms with van der Waals surface area (Å²) in [6.45, 7) is 2.12. The molecule has 4 rings (SSSR count). The van der Waals surface area contributed by atoms with Crippen molar-refractivity contribution in [2.75, 3.05) is 19.6 Å². The molecule has 1 aliphatic carbocycles. The second-order valence-corrected chi connectivity index (χ2v) is 8.19. The summed E-state index contributed by atoms with van der Waals surface area (Å²) in [5, 5.41) is 6.16. The highest BCUT2D eigenvalue weighted by Crippen LogP contribution is 2.30. The zero-order valence-corrected chi connectivity index (χ0v) is 16.1. The molecule has 1 aliphatic heterocycles. The number of piperidine rings is 1. The fourth-order valence-electron chi connectivity index (χ4n) is 3.44. The van der Waals surface area contributed by atoms with Crippen molar-refractivity contribution in [1.29, 1.82) is 0 Å². The number of hydrogen-bond acceptors (Lipinski definition) is 5. The lowest BCUT2D eigenvalue weighted by Crippen LogP contribution is -2.39. The molecule has 0 bridgehead atoms. The lowest BCUT2D eigenvalue weighted by molar-refractivity contribution is -0.122. The smallest absolute Gasteiger partial charge is 0.272 e. The van der Waals surface area contributed by atoms with Gasteiger partial charge in [0.1, 0.15) is 5.69 Å². The standard InChI is InChI=1S/C20H24N4O2S/c25-18(14-6-7-14)22-10-8-16-13-27-19(23-16)15-4-3-11-24(12-15)20(26)17-5-1-2-9-21-17/h1-2,5,9,13-15H,3-4,6-8,10-12H2,(H,22,25). The Morgan fingerprint density at radius 2 is 2.15 bits per heavy atom. The Morgan fingerprint density at radius 1 is 1.26 bits per heavy atom. The third kappa shape index (κ3) is 4.53. The van der Waals surface area contributed by atoms with Crippen LogP contribution in [0.2, 0.25) is 0 Å². The molecular formula is C20H24N4O2S. The third-order valence-electron chi connectivity index (χ3n) is 5.14. The molecule has 1 saturated heterocycles. The van der Waals surface area contributed by atoms with E-state index in [1.165, 1.54) is 0 Å². The maximum Gasteiger partial charge on any atom is 0.272 e. The minimum Gasteiger partial charge on any atom is -0.355 e. The summed E-state index contributed by atoms with van der Waals surface area (Å²) in [6.07, 6.45) is 6.51. The van der Waals surface area contributed by atoms with Gasteiger partial charge in [-0.15, -0.1) is 11.3 Å². The molecule has 7 heteroatoms. The third-order valence-corrected chi connectivity index (χ3v) is 6.20. The van der Waals surface area contributed by atoms with Crippen LogP contribution in [0.15, 0.2) is 29.8 Å². The van der Waals surface area contributed by atoms with Crippen LogP contribution in [-0.4, -0.2) is 46.3 Å². The van der Waals surface area contributed by atoms with Crippen LogP contribution in [0.3, 0.4) is 0 Å². The summed E-state index contributed by atoms with van der Waals surface area (Å²) >= 11 is 1.67. The van der Waals surface area contributed by atoms with E-state index in [4.69, 9.17) is 4.98 Å². The van der Waals surface area contributed by atoms with E-state index >= 15 is 0 Å². The number of carbonyl (C=O) groups excluding carboxylic acids is 2. The van der Waals surface area contributed by atoms with Gasteiger partial charge in [0.2, 0.25) is 5.91 Å². The van der Waals surface area contributed by atoms with E-state index in [2.05, 4.69) is 15.7 Å². The van der Waals surface area contributed by atoms with Crippen LogP contribution in [-0.2, 0) is 11.2 Å². The summed E-state index contributed by atoms with van der Waals surface area (Å²) in [5.74, 6) is 0.716. The van der Waals surface area contributed by atoms with Gasteiger partial charge in [-0.05, 0) is 37.8 Å². The summed E-state index contributed by atoms with van der Waals surface area (Å²) < 4.78 is 0. The molecule has 3 heterocycles. The predicted octanol–water partition coefficient (Wildman–Crippen LogP) is 2.63. The van der Waals surface area contributed by atoms with E-state index in [1.807, 2.05) is 17.0 Å². The number of hydrogen-bond donors (Lipinski definition) is 1. The number of nitrogens with one attached hydrogen (secondary N) is 1. The van der Waals surface area contributed by atoms with Crippen molar-refractivity contribution in [3.8, 4) is 0 Å². The Hall–Kier alpha value is -2.28. The van der Waals surface area contributed by atoms with Crippen LogP contribution < -0.4 is 5.32 Å². The van der Waals surface area contributed by atoms with Crippen LogP contribution in [0.5, 0.6) is 0 Å². The van der Waals surface area contributed by atoms with Gasteiger partial charge in [0.15, 0.2) is 0 Å². The molecule has 2 aromatic heterocycles. The number of rotatable bonds is 6. The Labute approximate surface area is 163 Å². The Balaban J connectivity index is 1.32. The highest BCUT2D eigenvalue weighted by Gasteiger charge is 2.29. The first kappa shape index (κ1) is 18.1. The maximum absolute atomic E-state index is 12.7. The van der Waals surface area contributed by atoms with Crippen LogP contribution >= 0.6 is 11.3 Å². The van der Waals surface area contributed by atoms with Crippen molar-refractivity contribution in [2.45, 2.75) is 38.0 Å². The average molecular weight is 385 g/mol. The lowest BCUT2D eigenvalue weighted by atomic mass is 9.98. The van der Waals surface area contributed by atoms with Gasteiger partial charge < -0.3 is 10.2 Å². The molecule has 142 valence electrons. The lowest BCUT2D eigenvalue weighted by Gasteiger charge is -2.31. The average Bonchev–Trinajstić information content (AvgIpc) is 3.47. The largest absolute Gasteiger partial charge is 0.355 e. The number of nitrogens with zero attached hydrogens (tertiary/aromatic N) is 3. The van der Waals surface area contributed by atoms with Crippen molar-refractivity contribution < 1.29 is 9.59 Å². The molecule has 1 unspecified atom stereocenters. The number of thiazole rings is 1. The Bertz CT molecular complexity index is 803. The molecule has 0 aromatic carbocycles.